The Labute approximate surface area is 307 Å². The number of halogens is 2. The number of carbonyl (C=O) groups is 1. The molecule has 6 atom stereocenters. The van der Waals surface area contributed by atoms with E-state index in [1.165, 1.54) is 11.1 Å². The van der Waals surface area contributed by atoms with Crippen LogP contribution in [0.25, 0.3) is 0 Å². The van der Waals surface area contributed by atoms with Crippen molar-refractivity contribution in [3.8, 4) is 5.75 Å². The molecule has 0 saturated heterocycles. The third-order valence-corrected chi connectivity index (χ3v) is 14.9. The maximum absolute atomic E-state index is 14.6. The number of benzene rings is 2. The van der Waals surface area contributed by atoms with Crippen molar-refractivity contribution >= 4 is 33.2 Å². The first kappa shape index (κ1) is 36.4. The van der Waals surface area contributed by atoms with E-state index in [0.717, 1.165) is 49.4 Å². The third-order valence-electron chi connectivity index (χ3n) is 12.8. The van der Waals surface area contributed by atoms with Crippen LogP contribution in [-0.2, 0) is 26.6 Å². The lowest BCUT2D eigenvalue weighted by Gasteiger charge is -2.58. The number of nitrogens with zero attached hydrogens (tertiary/aromatic N) is 2. The summed E-state index contributed by atoms with van der Waals surface area (Å²) in [6.07, 6.45) is 11.8. The standard InChI is InChI=1S/C40H51ClFN3O5S/c1-27-8-5-17-40(49-4,25-44-19-7-10-32(42)22-44)36-15-18-38(36,3)23-45-24-39(16-6-9-29-20-31(41)12-13-33(29)39)26-50-35-14-11-30(21-34(35)45)37(46)43-51(47,48)28(27)2/h5,10-14,17,20-21,27-28,36H,6-9,15-16,18-19,22-26H2,1-4H3,(H,43,46)/b17-5+/t27-,28+,36+,38?,39-,40+/m0/s1. The number of fused-ring (bicyclic) bond motifs is 4. The van der Waals surface area contributed by atoms with Gasteiger partial charge in [0.25, 0.3) is 5.91 Å². The van der Waals surface area contributed by atoms with Crippen LogP contribution in [0, 0.1) is 17.3 Å². The van der Waals surface area contributed by atoms with Gasteiger partial charge in [0.05, 0.1) is 24.1 Å². The van der Waals surface area contributed by atoms with E-state index >= 15 is 0 Å². The molecule has 1 saturated carbocycles. The van der Waals surface area contributed by atoms with Crippen molar-refractivity contribution in [3.05, 3.63) is 82.2 Å². The highest BCUT2D eigenvalue weighted by atomic mass is 35.5. The Morgan fingerprint density at radius 3 is 2.71 bits per heavy atom. The Morgan fingerprint density at radius 2 is 1.96 bits per heavy atom. The van der Waals surface area contributed by atoms with Gasteiger partial charge in [-0.15, -0.1) is 0 Å². The Morgan fingerprint density at radius 1 is 1.14 bits per heavy atom. The summed E-state index contributed by atoms with van der Waals surface area (Å²) in [6, 6.07) is 11.5. The zero-order valence-corrected chi connectivity index (χ0v) is 31.8. The number of amides is 1. The van der Waals surface area contributed by atoms with Gasteiger partial charge in [-0.3, -0.25) is 9.69 Å². The molecule has 0 radical (unpaired) electrons. The van der Waals surface area contributed by atoms with Gasteiger partial charge < -0.3 is 14.4 Å². The van der Waals surface area contributed by atoms with Gasteiger partial charge in [0.2, 0.25) is 10.0 Å². The first-order valence-corrected chi connectivity index (χ1v) is 20.4. The molecular formula is C40H51ClFN3O5S. The molecule has 0 aromatic heterocycles. The summed E-state index contributed by atoms with van der Waals surface area (Å²) in [6.45, 7) is 9.19. The molecular weight excluding hydrogens is 689 g/mol. The molecule has 7 rings (SSSR count). The predicted molar refractivity (Wildman–Crippen MR) is 200 cm³/mol. The molecule has 11 heteroatoms. The fraction of sp³-hybridized carbons (Fsp3) is 0.575. The predicted octanol–water partition coefficient (Wildman–Crippen LogP) is 7.22. The summed E-state index contributed by atoms with van der Waals surface area (Å²) in [5.41, 5.74) is 2.28. The van der Waals surface area contributed by atoms with Gasteiger partial charge in [0.1, 0.15) is 17.2 Å². The van der Waals surface area contributed by atoms with E-state index in [9.17, 15) is 17.6 Å². The Hall–Kier alpha value is -2.92. The number of nitrogens with one attached hydrogen (secondary N) is 1. The van der Waals surface area contributed by atoms with Crippen molar-refractivity contribution in [2.24, 2.45) is 17.3 Å². The molecule has 2 aromatic rings. The molecule has 2 aromatic carbocycles. The van der Waals surface area contributed by atoms with Crippen molar-refractivity contribution in [3.63, 3.8) is 0 Å². The van der Waals surface area contributed by atoms with Gasteiger partial charge in [-0.05, 0) is 111 Å². The molecule has 2 aliphatic carbocycles. The zero-order chi connectivity index (χ0) is 36.2. The molecule has 51 heavy (non-hydrogen) atoms. The number of aryl methyl sites for hydroxylation is 1. The molecule has 3 heterocycles. The number of allylic oxidation sites excluding steroid dienone is 1. The van der Waals surface area contributed by atoms with E-state index in [-0.39, 0.29) is 40.6 Å². The average molecular weight is 740 g/mol. The summed E-state index contributed by atoms with van der Waals surface area (Å²) in [5.74, 6) is -0.282. The van der Waals surface area contributed by atoms with E-state index < -0.39 is 26.8 Å². The topological polar surface area (TPSA) is 88.2 Å². The molecule has 3 aliphatic heterocycles. The monoisotopic (exact) mass is 739 g/mol. The van der Waals surface area contributed by atoms with Gasteiger partial charge in [-0.2, -0.15) is 0 Å². The average Bonchev–Trinajstić information content (AvgIpc) is 3.23. The highest BCUT2D eigenvalue weighted by Gasteiger charge is 2.56. The number of hydrogen-bond donors (Lipinski definition) is 1. The molecule has 2 bridgehead atoms. The van der Waals surface area contributed by atoms with Crippen molar-refractivity contribution in [2.45, 2.75) is 82.0 Å². The quantitative estimate of drug-likeness (QED) is 0.333. The molecule has 1 unspecified atom stereocenters. The van der Waals surface area contributed by atoms with E-state index in [0.29, 0.717) is 44.8 Å². The Balaban J connectivity index is 1.35. The van der Waals surface area contributed by atoms with E-state index in [1.807, 2.05) is 25.1 Å². The Bertz CT molecular complexity index is 1850. The smallest absolute Gasteiger partial charge is 0.264 e. The molecule has 1 spiro atoms. The van der Waals surface area contributed by atoms with Crippen LogP contribution in [-0.4, -0.2) is 76.5 Å². The minimum Gasteiger partial charge on any atom is -0.490 e. The number of hydrogen-bond acceptors (Lipinski definition) is 7. The van der Waals surface area contributed by atoms with Crippen molar-refractivity contribution in [1.29, 1.82) is 0 Å². The maximum atomic E-state index is 14.6. The maximum Gasteiger partial charge on any atom is 0.264 e. The van der Waals surface area contributed by atoms with E-state index in [2.05, 4.69) is 39.7 Å². The minimum absolute atomic E-state index is 0.0945. The number of carbonyl (C=O) groups excluding carboxylic acids is 1. The lowest BCUT2D eigenvalue weighted by Crippen LogP contribution is -2.61. The number of methoxy groups -OCH3 is 1. The van der Waals surface area contributed by atoms with Gasteiger partial charge in [0, 0.05) is 49.3 Å². The normalized spacial score (nSPS) is 34.5. The van der Waals surface area contributed by atoms with Crippen LogP contribution in [0.15, 0.2) is 60.5 Å². The van der Waals surface area contributed by atoms with Gasteiger partial charge >= 0.3 is 0 Å². The van der Waals surface area contributed by atoms with Crippen LogP contribution in [0.3, 0.4) is 0 Å². The van der Waals surface area contributed by atoms with Gasteiger partial charge in [-0.25, -0.2) is 17.5 Å². The molecule has 8 nitrogen and oxygen atoms in total. The summed E-state index contributed by atoms with van der Waals surface area (Å²) in [4.78, 5) is 18.2. The number of sulfonamides is 1. The number of anilines is 1. The fourth-order valence-electron chi connectivity index (χ4n) is 9.53. The first-order valence-electron chi connectivity index (χ1n) is 18.4. The first-order chi connectivity index (χ1) is 24.3. The van der Waals surface area contributed by atoms with Crippen LogP contribution < -0.4 is 14.4 Å². The summed E-state index contributed by atoms with van der Waals surface area (Å²) < 4.78 is 57.4. The molecule has 1 amide bonds. The van der Waals surface area contributed by atoms with Crippen LogP contribution in [0.1, 0.15) is 80.8 Å². The number of rotatable bonds is 3. The van der Waals surface area contributed by atoms with Crippen molar-refractivity contribution < 1.29 is 27.1 Å². The summed E-state index contributed by atoms with van der Waals surface area (Å²) in [7, 11) is -2.24. The van der Waals surface area contributed by atoms with Gasteiger partial charge in [0.15, 0.2) is 0 Å². The van der Waals surface area contributed by atoms with E-state index in [4.69, 9.17) is 21.1 Å². The highest BCUT2D eigenvalue weighted by molar-refractivity contribution is 7.90. The second-order valence-electron chi connectivity index (χ2n) is 16.1. The molecule has 1 fully saturated rings. The lowest BCUT2D eigenvalue weighted by atomic mass is 9.54. The van der Waals surface area contributed by atoms with Crippen molar-refractivity contribution in [2.75, 3.05) is 51.3 Å². The summed E-state index contributed by atoms with van der Waals surface area (Å²) >= 11 is 6.48. The molecule has 5 aliphatic rings. The summed E-state index contributed by atoms with van der Waals surface area (Å²) in [5, 5.41) is -0.104. The van der Waals surface area contributed by atoms with Crippen LogP contribution in [0.2, 0.25) is 5.02 Å². The van der Waals surface area contributed by atoms with Gasteiger partial charge in [-0.1, -0.05) is 49.7 Å². The van der Waals surface area contributed by atoms with E-state index in [1.54, 1.807) is 32.2 Å². The zero-order valence-electron chi connectivity index (χ0n) is 30.2. The molecule has 276 valence electrons. The SMILES string of the molecule is CO[C@@]1(CN2CCC=C(F)C2)/C=C/C[C@H](C)[C@@H](C)S(=O)(=O)NC(=O)c2ccc3c(c2)N(CC2(C)CC[C@H]21)C[C@@]1(CCCc2cc(Cl)ccc21)CO3. The largest absolute Gasteiger partial charge is 0.490 e. The fourth-order valence-corrected chi connectivity index (χ4v) is 11.0. The third kappa shape index (κ3) is 6.86. The van der Waals surface area contributed by atoms with Crippen LogP contribution in [0.5, 0.6) is 5.75 Å². The minimum atomic E-state index is -3.99. The van der Waals surface area contributed by atoms with Crippen molar-refractivity contribution in [1.82, 2.24) is 9.62 Å². The lowest BCUT2D eigenvalue weighted by molar-refractivity contribution is -0.127. The Kier molecular flexibility index (Phi) is 9.87. The second kappa shape index (κ2) is 13.8. The second-order valence-corrected chi connectivity index (χ2v) is 18.6. The molecule has 1 N–H and O–H groups in total. The van der Waals surface area contributed by atoms with Crippen LogP contribution in [0.4, 0.5) is 10.1 Å². The highest BCUT2D eigenvalue weighted by Crippen LogP contribution is 2.56. The number of ether oxygens (including phenoxy) is 2. The van der Waals surface area contributed by atoms with Crippen LogP contribution >= 0.6 is 11.6 Å².